The number of amidine groups is 1. The van der Waals surface area contributed by atoms with E-state index in [2.05, 4.69) is 15.5 Å². The second-order valence-electron chi connectivity index (χ2n) is 6.64. The third kappa shape index (κ3) is 4.96. The SMILES string of the molecule is Cc1ccc(CC2S/C(=N/N=C/c3ccc(-c4ccc(Cl)cc4)o3)NC2=O)cc1. The lowest BCUT2D eigenvalue weighted by Crippen LogP contribution is -2.25. The van der Waals surface area contributed by atoms with Gasteiger partial charge in [0.15, 0.2) is 5.17 Å². The van der Waals surface area contributed by atoms with E-state index < -0.39 is 0 Å². The van der Waals surface area contributed by atoms with Gasteiger partial charge in [0.2, 0.25) is 5.91 Å². The second kappa shape index (κ2) is 8.68. The van der Waals surface area contributed by atoms with Crippen LogP contribution in [0.3, 0.4) is 0 Å². The standard InChI is InChI=1S/C22H18ClN3O2S/c1-14-2-4-15(5-3-14)12-20-21(27)25-22(29-20)26-24-13-18-10-11-19(28-18)16-6-8-17(23)9-7-16/h2-11,13,20H,12H2,1H3,(H,25,26,27)/b24-13+. The Balaban J connectivity index is 1.38. The summed E-state index contributed by atoms with van der Waals surface area (Å²) in [5, 5.41) is 11.9. The fraction of sp³-hybridized carbons (Fsp3) is 0.136. The van der Waals surface area contributed by atoms with Crippen LogP contribution in [0.1, 0.15) is 16.9 Å². The van der Waals surface area contributed by atoms with Crippen LogP contribution in [0.4, 0.5) is 0 Å². The van der Waals surface area contributed by atoms with Crippen LogP contribution >= 0.6 is 23.4 Å². The summed E-state index contributed by atoms with van der Waals surface area (Å²) in [6.45, 7) is 2.04. The molecule has 1 aliphatic heterocycles. The summed E-state index contributed by atoms with van der Waals surface area (Å²) in [4.78, 5) is 12.2. The lowest BCUT2D eigenvalue weighted by atomic mass is 10.1. The number of aryl methyl sites for hydroxylation is 1. The Morgan fingerprint density at radius 2 is 1.86 bits per heavy atom. The molecule has 0 radical (unpaired) electrons. The highest BCUT2D eigenvalue weighted by Crippen LogP contribution is 2.25. The molecule has 1 aliphatic rings. The molecule has 7 heteroatoms. The minimum atomic E-state index is -0.202. The molecule has 146 valence electrons. The van der Waals surface area contributed by atoms with Crippen LogP contribution in [0, 0.1) is 6.92 Å². The highest BCUT2D eigenvalue weighted by molar-refractivity contribution is 8.15. The molecule has 4 rings (SSSR count). The maximum Gasteiger partial charge on any atom is 0.239 e. The monoisotopic (exact) mass is 423 g/mol. The van der Waals surface area contributed by atoms with E-state index in [1.165, 1.54) is 23.5 Å². The van der Waals surface area contributed by atoms with Crippen molar-refractivity contribution in [3.05, 3.63) is 82.6 Å². The Morgan fingerprint density at radius 3 is 2.62 bits per heavy atom. The molecule has 3 aromatic rings. The number of rotatable bonds is 5. The van der Waals surface area contributed by atoms with Crippen molar-refractivity contribution in [3.8, 4) is 11.3 Å². The zero-order valence-corrected chi connectivity index (χ0v) is 17.2. The number of benzene rings is 2. The van der Waals surface area contributed by atoms with Gasteiger partial charge < -0.3 is 9.73 Å². The normalized spacial score (nSPS) is 17.9. The fourth-order valence-corrected chi connectivity index (χ4v) is 3.95. The predicted molar refractivity (Wildman–Crippen MR) is 119 cm³/mol. The number of thioether (sulfide) groups is 1. The molecule has 0 bridgehead atoms. The largest absolute Gasteiger partial charge is 0.455 e. The van der Waals surface area contributed by atoms with Crippen molar-refractivity contribution in [1.29, 1.82) is 0 Å². The van der Waals surface area contributed by atoms with Crippen LogP contribution in [0.5, 0.6) is 0 Å². The van der Waals surface area contributed by atoms with Crippen LogP contribution in [0.25, 0.3) is 11.3 Å². The molecule has 1 fully saturated rings. The molecule has 5 nitrogen and oxygen atoms in total. The summed E-state index contributed by atoms with van der Waals surface area (Å²) in [5.74, 6) is 1.25. The average molecular weight is 424 g/mol. The Hall–Kier alpha value is -2.83. The van der Waals surface area contributed by atoms with Gasteiger partial charge in [-0.05, 0) is 55.3 Å². The molecule has 1 saturated heterocycles. The third-order valence-electron chi connectivity index (χ3n) is 4.41. The highest BCUT2D eigenvalue weighted by Gasteiger charge is 2.30. The Labute approximate surface area is 177 Å². The van der Waals surface area contributed by atoms with Crippen LogP contribution in [-0.2, 0) is 11.2 Å². The van der Waals surface area contributed by atoms with Crippen LogP contribution in [0.15, 0.2) is 75.3 Å². The number of nitrogens with one attached hydrogen (secondary N) is 1. The summed E-state index contributed by atoms with van der Waals surface area (Å²) < 4.78 is 5.75. The van der Waals surface area contributed by atoms with Crippen LogP contribution < -0.4 is 5.32 Å². The average Bonchev–Trinajstić information content (AvgIpc) is 3.31. The molecule has 1 N–H and O–H groups in total. The molecule has 2 aromatic carbocycles. The molecule has 0 spiro atoms. The first-order valence-corrected chi connectivity index (χ1v) is 10.3. The Bertz CT molecular complexity index is 1070. The van der Waals surface area contributed by atoms with Crippen LogP contribution in [-0.4, -0.2) is 22.5 Å². The molecule has 1 atom stereocenters. The Kier molecular flexibility index (Phi) is 5.83. The molecule has 1 unspecified atom stereocenters. The lowest BCUT2D eigenvalue weighted by molar-refractivity contribution is -0.118. The summed E-state index contributed by atoms with van der Waals surface area (Å²) >= 11 is 7.30. The van der Waals surface area contributed by atoms with E-state index in [0.717, 1.165) is 16.9 Å². The number of halogens is 1. The van der Waals surface area contributed by atoms with E-state index in [0.29, 0.717) is 22.4 Å². The maximum atomic E-state index is 12.2. The Morgan fingerprint density at radius 1 is 1.10 bits per heavy atom. The molecule has 2 heterocycles. The van der Waals surface area contributed by atoms with Crippen molar-refractivity contribution in [3.63, 3.8) is 0 Å². The van der Waals surface area contributed by atoms with Gasteiger partial charge >= 0.3 is 0 Å². The summed E-state index contributed by atoms with van der Waals surface area (Å²) in [7, 11) is 0. The fourth-order valence-electron chi connectivity index (χ4n) is 2.85. The first kappa shape index (κ1) is 19.5. The molecule has 29 heavy (non-hydrogen) atoms. The smallest absolute Gasteiger partial charge is 0.239 e. The van der Waals surface area contributed by atoms with Crippen molar-refractivity contribution in [1.82, 2.24) is 5.32 Å². The maximum absolute atomic E-state index is 12.2. The summed E-state index contributed by atoms with van der Waals surface area (Å²) in [6, 6.07) is 19.3. The first-order valence-electron chi connectivity index (χ1n) is 9.07. The van der Waals surface area contributed by atoms with Gasteiger partial charge in [-0.25, -0.2) is 0 Å². The number of hydrogen-bond donors (Lipinski definition) is 1. The van der Waals surface area contributed by atoms with Gasteiger partial charge in [0.1, 0.15) is 11.5 Å². The zero-order valence-electron chi connectivity index (χ0n) is 15.6. The van der Waals surface area contributed by atoms with E-state index in [9.17, 15) is 4.79 Å². The van der Waals surface area contributed by atoms with Gasteiger partial charge in [-0.1, -0.05) is 53.2 Å². The molecule has 0 aliphatic carbocycles. The van der Waals surface area contributed by atoms with Crippen molar-refractivity contribution in [2.75, 3.05) is 0 Å². The van der Waals surface area contributed by atoms with Crippen molar-refractivity contribution in [2.24, 2.45) is 10.2 Å². The first-order chi connectivity index (χ1) is 14.1. The number of furan rings is 1. The lowest BCUT2D eigenvalue weighted by Gasteiger charge is -2.05. The summed E-state index contributed by atoms with van der Waals surface area (Å²) in [6.07, 6.45) is 2.18. The third-order valence-corrected chi connectivity index (χ3v) is 5.73. The molecular weight excluding hydrogens is 406 g/mol. The van der Waals surface area contributed by atoms with E-state index in [4.69, 9.17) is 16.0 Å². The number of amides is 1. The molecule has 0 saturated carbocycles. The zero-order chi connectivity index (χ0) is 20.2. The van der Waals surface area contributed by atoms with E-state index in [1.54, 1.807) is 0 Å². The number of hydrogen-bond acceptors (Lipinski definition) is 5. The highest BCUT2D eigenvalue weighted by atomic mass is 35.5. The second-order valence-corrected chi connectivity index (χ2v) is 8.27. The van der Waals surface area contributed by atoms with Gasteiger partial charge in [0.05, 0.1) is 11.5 Å². The van der Waals surface area contributed by atoms with E-state index in [-0.39, 0.29) is 11.2 Å². The number of carbonyl (C=O) groups is 1. The van der Waals surface area contributed by atoms with E-state index in [1.807, 2.05) is 67.6 Å². The number of nitrogens with zero attached hydrogens (tertiary/aromatic N) is 2. The quantitative estimate of drug-likeness (QED) is 0.460. The van der Waals surface area contributed by atoms with Gasteiger partial charge in [0, 0.05) is 10.6 Å². The van der Waals surface area contributed by atoms with Gasteiger partial charge in [-0.15, -0.1) is 5.10 Å². The predicted octanol–water partition coefficient (Wildman–Crippen LogP) is 5.07. The van der Waals surface area contributed by atoms with Gasteiger partial charge in [0.25, 0.3) is 0 Å². The summed E-state index contributed by atoms with van der Waals surface area (Å²) in [5.41, 5.74) is 3.25. The van der Waals surface area contributed by atoms with Crippen molar-refractivity contribution >= 4 is 40.7 Å². The minimum absolute atomic E-state index is 0.0486. The molecule has 1 aromatic heterocycles. The van der Waals surface area contributed by atoms with Crippen molar-refractivity contribution in [2.45, 2.75) is 18.6 Å². The molecule has 1 amide bonds. The van der Waals surface area contributed by atoms with E-state index >= 15 is 0 Å². The van der Waals surface area contributed by atoms with Crippen LogP contribution in [0.2, 0.25) is 5.02 Å². The molecular formula is C22H18ClN3O2S. The van der Waals surface area contributed by atoms with Gasteiger partial charge in [-0.2, -0.15) is 5.10 Å². The number of carbonyl (C=O) groups excluding carboxylic acids is 1. The van der Waals surface area contributed by atoms with Gasteiger partial charge in [-0.3, -0.25) is 4.79 Å². The van der Waals surface area contributed by atoms with Crippen molar-refractivity contribution < 1.29 is 9.21 Å². The topological polar surface area (TPSA) is 67.0 Å². The minimum Gasteiger partial charge on any atom is -0.455 e.